The predicted molar refractivity (Wildman–Crippen MR) is 83.7 cm³/mol. The lowest BCUT2D eigenvalue weighted by Gasteiger charge is -2.16. The van der Waals surface area contributed by atoms with E-state index in [2.05, 4.69) is 57.2 Å². The van der Waals surface area contributed by atoms with Gasteiger partial charge in [0, 0.05) is 6.42 Å². The van der Waals surface area contributed by atoms with Crippen LogP contribution < -0.4 is 4.74 Å². The van der Waals surface area contributed by atoms with Crippen molar-refractivity contribution in [2.45, 2.75) is 38.2 Å². The maximum atomic E-state index is 6.64. The average Bonchev–Trinajstić information content (AvgIpc) is 2.70. The summed E-state index contributed by atoms with van der Waals surface area (Å²) >= 11 is 6.64. The van der Waals surface area contributed by atoms with Gasteiger partial charge in [-0.05, 0) is 43.5 Å². The molecule has 3 rings (SSSR count). The van der Waals surface area contributed by atoms with Crippen LogP contribution in [0.25, 0.3) is 0 Å². The quantitative estimate of drug-likeness (QED) is 0.703. The number of rotatable bonds is 2. The first kappa shape index (κ1) is 13.5. The molecule has 2 aromatic carbocycles. The van der Waals surface area contributed by atoms with E-state index in [-0.39, 0.29) is 11.0 Å². The van der Waals surface area contributed by atoms with Crippen molar-refractivity contribution in [3.63, 3.8) is 0 Å². The molecular weight excluding hydrogens is 268 g/mol. The molecule has 1 unspecified atom stereocenters. The zero-order chi connectivity index (χ0) is 14.3. The zero-order valence-electron chi connectivity index (χ0n) is 12.1. The number of fused-ring (bicyclic) bond motifs is 1. The Bertz CT molecular complexity index is 646. The van der Waals surface area contributed by atoms with E-state index < -0.39 is 0 Å². The Morgan fingerprint density at radius 1 is 1.10 bits per heavy atom. The van der Waals surface area contributed by atoms with E-state index in [1.807, 2.05) is 6.07 Å². The van der Waals surface area contributed by atoms with Gasteiger partial charge in [-0.1, -0.05) is 42.0 Å². The third-order valence-electron chi connectivity index (χ3n) is 3.71. The molecule has 0 aliphatic carbocycles. The molecule has 1 aliphatic rings. The Labute approximate surface area is 125 Å². The molecule has 0 spiro atoms. The van der Waals surface area contributed by atoms with Crippen molar-refractivity contribution >= 4 is 11.6 Å². The number of ether oxygens (including phenoxy) is 1. The summed E-state index contributed by atoms with van der Waals surface area (Å²) in [5.41, 5.74) is 4.67. The normalized spacial score (nSPS) is 17.4. The van der Waals surface area contributed by atoms with Gasteiger partial charge in [0.15, 0.2) is 0 Å². The Morgan fingerprint density at radius 3 is 2.60 bits per heavy atom. The van der Waals surface area contributed by atoms with Crippen LogP contribution in [0.5, 0.6) is 5.75 Å². The highest BCUT2D eigenvalue weighted by Gasteiger charge is 2.30. The van der Waals surface area contributed by atoms with Crippen molar-refractivity contribution in [2.24, 2.45) is 0 Å². The molecule has 0 amide bonds. The van der Waals surface area contributed by atoms with Crippen LogP contribution in [0.4, 0.5) is 0 Å². The summed E-state index contributed by atoms with van der Waals surface area (Å²) in [5.74, 6) is 0.992. The molecule has 1 nitrogen and oxygen atoms in total. The molecule has 104 valence electrons. The maximum Gasteiger partial charge on any atom is 0.123 e. The molecule has 0 N–H and O–H groups in total. The van der Waals surface area contributed by atoms with Gasteiger partial charge in [-0.15, -0.1) is 11.6 Å². The van der Waals surface area contributed by atoms with Crippen LogP contribution in [0.3, 0.4) is 0 Å². The van der Waals surface area contributed by atoms with Crippen molar-refractivity contribution in [2.75, 3.05) is 0 Å². The summed E-state index contributed by atoms with van der Waals surface area (Å²) in [6.45, 7) is 6.32. The van der Waals surface area contributed by atoms with Crippen LogP contribution in [-0.4, -0.2) is 5.60 Å². The maximum absolute atomic E-state index is 6.64. The van der Waals surface area contributed by atoms with Crippen molar-refractivity contribution in [1.29, 1.82) is 0 Å². The summed E-state index contributed by atoms with van der Waals surface area (Å²) in [7, 11) is 0. The minimum Gasteiger partial charge on any atom is -0.487 e. The summed E-state index contributed by atoms with van der Waals surface area (Å²) in [5, 5.41) is -0.107. The number of hydrogen-bond donors (Lipinski definition) is 0. The second-order valence-corrected chi connectivity index (χ2v) is 6.62. The monoisotopic (exact) mass is 286 g/mol. The number of halogens is 1. The van der Waals surface area contributed by atoms with E-state index in [0.29, 0.717) is 0 Å². The van der Waals surface area contributed by atoms with E-state index in [1.165, 1.54) is 11.1 Å². The molecule has 0 saturated heterocycles. The zero-order valence-corrected chi connectivity index (χ0v) is 12.9. The lowest BCUT2D eigenvalue weighted by Crippen LogP contribution is -2.24. The van der Waals surface area contributed by atoms with Gasteiger partial charge in [-0.25, -0.2) is 0 Å². The number of aryl methyl sites for hydroxylation is 1. The standard InChI is InChI=1S/C18H19ClO/c1-12-5-4-6-13(9-12)17(19)14-7-8-16-15(10-14)11-18(2,3)20-16/h4-10,17H,11H2,1-3H3. The van der Waals surface area contributed by atoms with Crippen LogP contribution in [0.1, 0.15) is 41.5 Å². The van der Waals surface area contributed by atoms with Crippen LogP contribution >= 0.6 is 11.6 Å². The second-order valence-electron chi connectivity index (χ2n) is 6.18. The first-order valence-corrected chi connectivity index (χ1v) is 7.41. The highest BCUT2D eigenvalue weighted by atomic mass is 35.5. The van der Waals surface area contributed by atoms with E-state index in [4.69, 9.17) is 16.3 Å². The van der Waals surface area contributed by atoms with Gasteiger partial charge in [0.05, 0.1) is 5.38 Å². The molecule has 20 heavy (non-hydrogen) atoms. The SMILES string of the molecule is Cc1cccc(C(Cl)c2ccc3c(c2)CC(C)(C)O3)c1. The lowest BCUT2D eigenvalue weighted by molar-refractivity contribution is 0.138. The fourth-order valence-corrected chi connectivity index (χ4v) is 3.08. The molecule has 0 bridgehead atoms. The summed E-state index contributed by atoms with van der Waals surface area (Å²) < 4.78 is 5.91. The van der Waals surface area contributed by atoms with Gasteiger partial charge in [0.1, 0.15) is 11.4 Å². The minimum absolute atomic E-state index is 0.105. The number of hydrogen-bond acceptors (Lipinski definition) is 1. The molecule has 2 aromatic rings. The summed E-state index contributed by atoms with van der Waals surface area (Å²) in [6.07, 6.45) is 0.938. The molecule has 0 fully saturated rings. The van der Waals surface area contributed by atoms with Gasteiger partial charge < -0.3 is 4.74 Å². The fraction of sp³-hybridized carbons (Fsp3) is 0.333. The minimum atomic E-state index is -0.107. The molecule has 1 atom stereocenters. The smallest absolute Gasteiger partial charge is 0.123 e. The van der Waals surface area contributed by atoms with Crippen LogP contribution in [0, 0.1) is 6.92 Å². The van der Waals surface area contributed by atoms with Crippen LogP contribution in [-0.2, 0) is 6.42 Å². The fourth-order valence-electron chi connectivity index (χ4n) is 2.81. The van der Waals surface area contributed by atoms with Crippen molar-refractivity contribution < 1.29 is 4.74 Å². The first-order chi connectivity index (χ1) is 9.44. The van der Waals surface area contributed by atoms with E-state index >= 15 is 0 Å². The van der Waals surface area contributed by atoms with Crippen molar-refractivity contribution in [3.05, 3.63) is 64.7 Å². The van der Waals surface area contributed by atoms with E-state index in [0.717, 1.165) is 23.3 Å². The Balaban J connectivity index is 1.93. The number of benzene rings is 2. The number of alkyl halides is 1. The third-order valence-corrected chi connectivity index (χ3v) is 4.22. The molecule has 0 aromatic heterocycles. The van der Waals surface area contributed by atoms with Gasteiger partial charge in [0.25, 0.3) is 0 Å². The van der Waals surface area contributed by atoms with Gasteiger partial charge in [-0.3, -0.25) is 0 Å². The lowest BCUT2D eigenvalue weighted by atomic mass is 9.97. The second kappa shape index (κ2) is 4.82. The molecule has 0 radical (unpaired) electrons. The third kappa shape index (κ3) is 2.55. The molecule has 2 heteroatoms. The largest absolute Gasteiger partial charge is 0.487 e. The van der Waals surface area contributed by atoms with Gasteiger partial charge >= 0.3 is 0 Å². The summed E-state index contributed by atoms with van der Waals surface area (Å²) in [6, 6.07) is 14.7. The van der Waals surface area contributed by atoms with E-state index in [9.17, 15) is 0 Å². The van der Waals surface area contributed by atoms with Crippen molar-refractivity contribution in [3.8, 4) is 5.75 Å². The summed E-state index contributed by atoms with van der Waals surface area (Å²) in [4.78, 5) is 0. The van der Waals surface area contributed by atoms with Gasteiger partial charge in [0.2, 0.25) is 0 Å². The van der Waals surface area contributed by atoms with E-state index in [1.54, 1.807) is 0 Å². The first-order valence-electron chi connectivity index (χ1n) is 6.97. The highest BCUT2D eigenvalue weighted by molar-refractivity contribution is 6.22. The highest BCUT2D eigenvalue weighted by Crippen LogP contribution is 2.38. The Kier molecular flexibility index (Phi) is 3.25. The molecule has 1 aliphatic heterocycles. The average molecular weight is 287 g/mol. The van der Waals surface area contributed by atoms with Crippen LogP contribution in [0.15, 0.2) is 42.5 Å². The molecule has 0 saturated carbocycles. The topological polar surface area (TPSA) is 9.23 Å². The van der Waals surface area contributed by atoms with Crippen molar-refractivity contribution in [1.82, 2.24) is 0 Å². The molecular formula is C18H19ClO. The Hall–Kier alpha value is -1.47. The molecule has 1 heterocycles. The van der Waals surface area contributed by atoms with Gasteiger partial charge in [-0.2, -0.15) is 0 Å². The Morgan fingerprint density at radius 2 is 1.85 bits per heavy atom. The predicted octanol–water partition coefficient (Wildman–Crippen LogP) is 5.04. The van der Waals surface area contributed by atoms with Crippen LogP contribution in [0.2, 0.25) is 0 Å².